The van der Waals surface area contributed by atoms with Crippen molar-refractivity contribution in [3.05, 3.63) is 0 Å². The molecule has 0 bridgehead atoms. The Morgan fingerprint density at radius 3 is 2.06 bits per heavy atom. The summed E-state index contributed by atoms with van der Waals surface area (Å²) in [6.45, 7) is 2.08. The van der Waals surface area contributed by atoms with E-state index in [-0.39, 0.29) is 36.7 Å². The van der Waals surface area contributed by atoms with Crippen LogP contribution >= 0.6 is 7.82 Å². The summed E-state index contributed by atoms with van der Waals surface area (Å²) >= 11 is 0. The van der Waals surface area contributed by atoms with E-state index in [1.54, 1.807) is 0 Å². The molecule has 0 saturated carbocycles. The van der Waals surface area contributed by atoms with Gasteiger partial charge in [0.2, 0.25) is 0 Å². The predicted molar refractivity (Wildman–Crippen MR) is 61.4 cm³/mol. The van der Waals surface area contributed by atoms with Crippen molar-refractivity contribution in [3.8, 4) is 0 Å². The third-order valence-electron chi connectivity index (χ3n) is 1.96. The van der Waals surface area contributed by atoms with Crippen molar-refractivity contribution in [3.63, 3.8) is 0 Å². The molecule has 0 aliphatic heterocycles. The monoisotopic (exact) mass is 298 g/mol. The van der Waals surface area contributed by atoms with Crippen LogP contribution in [0.25, 0.3) is 0 Å². The fourth-order valence-corrected chi connectivity index (χ4v) is 3.28. The van der Waals surface area contributed by atoms with Crippen molar-refractivity contribution < 1.29 is 57.7 Å². The number of hydrogen-bond acceptors (Lipinski definition) is 4. The van der Waals surface area contributed by atoms with Gasteiger partial charge in [0.25, 0.3) is 10.1 Å². The molecule has 9 heteroatoms. The molecule has 0 heterocycles. The van der Waals surface area contributed by atoms with Gasteiger partial charge >= 0.3 is 37.4 Å². The number of rotatable bonds is 9. The van der Waals surface area contributed by atoms with Crippen molar-refractivity contribution in [2.24, 2.45) is 0 Å². The van der Waals surface area contributed by atoms with Gasteiger partial charge in [0.05, 0.1) is 5.75 Å². The van der Waals surface area contributed by atoms with Crippen molar-refractivity contribution >= 4 is 17.9 Å². The van der Waals surface area contributed by atoms with E-state index in [1.807, 2.05) is 0 Å². The van der Waals surface area contributed by atoms with Crippen LogP contribution in [0.5, 0.6) is 0 Å². The average molecular weight is 298 g/mol. The van der Waals surface area contributed by atoms with Gasteiger partial charge in [-0.25, -0.2) is 4.57 Å². The largest absolute Gasteiger partial charge is 1.00 e. The molecule has 0 radical (unpaired) electrons. The standard InChI is InChI=1S/C8H19O6PS.Na.H/c1-2-3-4-5-6-7-8-16(12,13)14-15(9,10)11;;/h2-8H2,1H3,(H2,9,10,11);;/q;+1;-1. The first-order valence-electron chi connectivity index (χ1n) is 5.26. The first-order chi connectivity index (χ1) is 7.27. The second-order valence-corrected chi connectivity index (χ2v) is 6.70. The van der Waals surface area contributed by atoms with E-state index >= 15 is 0 Å². The molecule has 0 rings (SSSR count). The topological polar surface area (TPSA) is 101 Å². The second-order valence-electron chi connectivity index (χ2n) is 3.59. The Morgan fingerprint density at radius 1 is 1.12 bits per heavy atom. The van der Waals surface area contributed by atoms with Gasteiger partial charge in [-0.3, -0.25) is 0 Å². The van der Waals surface area contributed by atoms with Crippen LogP contribution in [0.15, 0.2) is 0 Å². The Labute approximate surface area is 126 Å². The fourth-order valence-electron chi connectivity index (χ4n) is 1.24. The van der Waals surface area contributed by atoms with Crippen LogP contribution < -0.4 is 29.6 Å². The molecular weight excluding hydrogens is 278 g/mol. The van der Waals surface area contributed by atoms with Crippen LogP contribution in [-0.4, -0.2) is 24.0 Å². The zero-order valence-electron chi connectivity index (χ0n) is 11.3. The summed E-state index contributed by atoms with van der Waals surface area (Å²) < 4.78 is 36.0. The first-order valence-corrected chi connectivity index (χ1v) is 8.37. The molecule has 17 heavy (non-hydrogen) atoms. The summed E-state index contributed by atoms with van der Waals surface area (Å²) in [5.41, 5.74) is 0. The van der Waals surface area contributed by atoms with Gasteiger partial charge in [-0.15, -0.1) is 0 Å². The third-order valence-corrected chi connectivity index (χ3v) is 4.43. The van der Waals surface area contributed by atoms with Gasteiger partial charge in [-0.1, -0.05) is 39.0 Å². The molecule has 0 fully saturated rings. The molecule has 0 saturated heterocycles. The molecule has 0 aromatic heterocycles. The van der Waals surface area contributed by atoms with E-state index in [4.69, 9.17) is 9.79 Å². The normalized spacial score (nSPS) is 12.2. The Hall–Kier alpha value is 1.06. The van der Waals surface area contributed by atoms with Crippen molar-refractivity contribution in [1.29, 1.82) is 0 Å². The van der Waals surface area contributed by atoms with Gasteiger partial charge in [-0.05, 0) is 6.42 Å². The summed E-state index contributed by atoms with van der Waals surface area (Å²) in [5.74, 6) is -0.343. The maximum Gasteiger partial charge on any atom is 1.00 e. The van der Waals surface area contributed by atoms with Gasteiger partial charge in [-0.2, -0.15) is 12.4 Å². The van der Waals surface area contributed by atoms with Gasteiger partial charge in [0.15, 0.2) is 0 Å². The molecule has 6 nitrogen and oxygen atoms in total. The molecule has 0 aromatic rings. The summed E-state index contributed by atoms with van der Waals surface area (Å²) in [5, 5.41) is 0. The van der Waals surface area contributed by atoms with Gasteiger partial charge in [0.1, 0.15) is 0 Å². The van der Waals surface area contributed by atoms with Crippen LogP contribution in [0.4, 0.5) is 0 Å². The van der Waals surface area contributed by atoms with Gasteiger partial charge in [0, 0.05) is 0 Å². The minimum absolute atomic E-state index is 0. The maximum atomic E-state index is 11.0. The van der Waals surface area contributed by atoms with E-state index in [0.717, 1.165) is 32.1 Å². The van der Waals surface area contributed by atoms with Crippen LogP contribution in [0, 0.1) is 0 Å². The van der Waals surface area contributed by atoms with E-state index < -0.39 is 17.9 Å². The van der Waals surface area contributed by atoms with E-state index in [1.165, 1.54) is 0 Å². The zero-order valence-corrected chi connectivity index (χ0v) is 14.0. The smallest absolute Gasteiger partial charge is 1.00 e. The molecule has 100 valence electrons. The zero-order chi connectivity index (χ0) is 12.7. The SMILES string of the molecule is CCCCCCCCS(=O)(=O)OP(=O)(O)O.[H-].[Na+]. The Balaban J connectivity index is -0.00000112. The summed E-state index contributed by atoms with van der Waals surface area (Å²) in [4.78, 5) is 16.7. The van der Waals surface area contributed by atoms with Crippen molar-refractivity contribution in [2.45, 2.75) is 45.4 Å². The molecule has 0 aromatic carbocycles. The second kappa shape index (κ2) is 9.92. The Bertz CT molecular complexity index is 330. The minimum Gasteiger partial charge on any atom is -1.00 e. The quantitative estimate of drug-likeness (QED) is 0.318. The fraction of sp³-hybridized carbons (Fsp3) is 1.00. The summed E-state index contributed by atoms with van der Waals surface area (Å²) in [6, 6.07) is 0. The van der Waals surface area contributed by atoms with Crippen LogP contribution in [-0.2, 0) is 18.7 Å². The van der Waals surface area contributed by atoms with E-state index in [9.17, 15) is 13.0 Å². The molecule has 0 aliphatic carbocycles. The summed E-state index contributed by atoms with van der Waals surface area (Å²) in [6.07, 6.45) is 5.30. The minimum atomic E-state index is -4.94. The molecular formula is C8H20NaO6PS. The van der Waals surface area contributed by atoms with Crippen molar-refractivity contribution in [1.82, 2.24) is 0 Å². The molecule has 0 spiro atoms. The molecule has 0 unspecified atom stereocenters. The van der Waals surface area contributed by atoms with Crippen molar-refractivity contribution in [2.75, 3.05) is 5.75 Å². The summed E-state index contributed by atoms with van der Waals surface area (Å²) in [7, 11) is -9.04. The predicted octanol–water partition coefficient (Wildman–Crippen LogP) is -1.10. The average Bonchev–Trinajstić information content (AvgIpc) is 2.06. The molecule has 2 N–H and O–H groups in total. The number of unbranched alkanes of at least 4 members (excludes halogenated alkanes) is 5. The van der Waals surface area contributed by atoms with E-state index in [2.05, 4.69) is 10.9 Å². The Morgan fingerprint density at radius 2 is 1.59 bits per heavy atom. The van der Waals surface area contributed by atoms with Crippen LogP contribution in [0.3, 0.4) is 0 Å². The number of hydrogen-bond donors (Lipinski definition) is 2. The number of phosphoric acid groups is 1. The van der Waals surface area contributed by atoms with Crippen LogP contribution in [0.2, 0.25) is 0 Å². The first kappa shape index (κ1) is 20.4. The van der Waals surface area contributed by atoms with Crippen LogP contribution in [0.1, 0.15) is 46.9 Å². The molecule has 0 aliphatic rings. The molecule has 0 amide bonds. The molecule has 0 atom stereocenters. The maximum absolute atomic E-state index is 11.0. The van der Waals surface area contributed by atoms with Gasteiger partial charge < -0.3 is 11.2 Å². The van der Waals surface area contributed by atoms with E-state index in [0.29, 0.717) is 6.42 Å². The third kappa shape index (κ3) is 15.0. The Kier molecular flexibility index (Phi) is 11.9.